The van der Waals surface area contributed by atoms with Crippen LogP contribution in [0.1, 0.15) is 16.7 Å². The molecule has 0 saturated heterocycles. The van der Waals surface area contributed by atoms with Crippen LogP contribution in [0.4, 0.5) is 13.2 Å². The number of hydrogen-bond acceptors (Lipinski definition) is 3. The minimum atomic E-state index is -4.38. The molecule has 4 rings (SSSR count). The lowest BCUT2D eigenvalue weighted by molar-refractivity contribution is -0.137. The number of alkyl halides is 3. The third-order valence-electron chi connectivity index (χ3n) is 4.28. The fourth-order valence-electron chi connectivity index (χ4n) is 2.99. The second-order valence-corrected chi connectivity index (χ2v) is 6.38. The number of halogens is 3. The number of hydrogen-bond donors (Lipinski definition) is 0. The Morgan fingerprint density at radius 2 is 1.81 bits per heavy atom. The second-order valence-electron chi connectivity index (χ2n) is 6.38. The smallest absolute Gasteiger partial charge is 0.264 e. The van der Waals surface area contributed by atoms with Crippen LogP contribution in [-0.2, 0) is 12.7 Å². The molecule has 4 aromatic rings. The van der Waals surface area contributed by atoms with E-state index in [0.717, 1.165) is 28.8 Å². The Morgan fingerprint density at radius 1 is 0.963 bits per heavy atom. The van der Waals surface area contributed by atoms with Crippen LogP contribution in [-0.4, -0.2) is 19.7 Å². The highest BCUT2D eigenvalue weighted by Gasteiger charge is 2.30. The van der Waals surface area contributed by atoms with Crippen molar-refractivity contribution in [1.82, 2.24) is 19.7 Å². The Morgan fingerprint density at radius 3 is 2.59 bits per heavy atom. The van der Waals surface area contributed by atoms with Crippen molar-refractivity contribution in [2.24, 2.45) is 0 Å². The molecule has 0 aliphatic carbocycles. The largest absolute Gasteiger partial charge is 0.416 e. The van der Waals surface area contributed by atoms with Gasteiger partial charge < -0.3 is 0 Å². The van der Waals surface area contributed by atoms with Gasteiger partial charge in [0.05, 0.1) is 23.8 Å². The van der Waals surface area contributed by atoms with Crippen LogP contribution in [0.2, 0.25) is 0 Å². The summed E-state index contributed by atoms with van der Waals surface area (Å²) in [4.78, 5) is 8.53. The first kappa shape index (κ1) is 17.2. The minimum Gasteiger partial charge on any atom is -0.264 e. The minimum absolute atomic E-state index is 0.462. The first-order valence-electron chi connectivity index (χ1n) is 8.30. The van der Waals surface area contributed by atoms with E-state index in [2.05, 4.69) is 15.1 Å². The number of rotatable bonds is 3. The van der Waals surface area contributed by atoms with Crippen LogP contribution >= 0.6 is 0 Å². The molecule has 0 atom stereocenters. The molecule has 4 nitrogen and oxygen atoms in total. The van der Waals surface area contributed by atoms with Crippen LogP contribution in [0.5, 0.6) is 0 Å². The molecular formula is C20H15F3N4. The maximum atomic E-state index is 13.0. The Balaban J connectivity index is 1.74. The molecule has 0 bridgehead atoms. The number of aromatic nitrogens is 4. The standard InChI is InChI=1S/C20H15F3N4/c1-13-5-14(9-24-8-13)12-27-19-7-16(10-25-18(19)11-26-27)15-3-2-4-17(6-15)20(21,22)23/h2-11H,12H2,1H3. The van der Waals surface area contributed by atoms with E-state index in [9.17, 15) is 13.2 Å². The summed E-state index contributed by atoms with van der Waals surface area (Å²) in [5.74, 6) is 0. The van der Waals surface area contributed by atoms with Crippen molar-refractivity contribution in [2.75, 3.05) is 0 Å². The summed E-state index contributed by atoms with van der Waals surface area (Å²) in [6.07, 6.45) is 2.38. The summed E-state index contributed by atoms with van der Waals surface area (Å²) in [6, 6.07) is 9.07. The maximum absolute atomic E-state index is 13.0. The van der Waals surface area contributed by atoms with Crippen molar-refractivity contribution in [3.05, 3.63) is 77.9 Å². The third kappa shape index (κ3) is 3.53. The van der Waals surface area contributed by atoms with Crippen molar-refractivity contribution < 1.29 is 13.2 Å². The summed E-state index contributed by atoms with van der Waals surface area (Å²) < 4.78 is 40.7. The Labute approximate surface area is 153 Å². The van der Waals surface area contributed by atoms with E-state index >= 15 is 0 Å². The van der Waals surface area contributed by atoms with E-state index in [-0.39, 0.29) is 0 Å². The summed E-state index contributed by atoms with van der Waals surface area (Å²) in [5, 5.41) is 4.36. The highest BCUT2D eigenvalue weighted by atomic mass is 19.4. The van der Waals surface area contributed by atoms with Gasteiger partial charge in [-0.05, 0) is 41.8 Å². The van der Waals surface area contributed by atoms with Gasteiger partial charge in [-0.3, -0.25) is 14.6 Å². The van der Waals surface area contributed by atoms with Gasteiger partial charge in [-0.1, -0.05) is 18.2 Å². The zero-order chi connectivity index (χ0) is 19.0. The molecule has 3 heterocycles. The summed E-state index contributed by atoms with van der Waals surface area (Å²) >= 11 is 0. The lowest BCUT2D eigenvalue weighted by atomic mass is 10.0. The quantitative estimate of drug-likeness (QED) is 0.518. The Hall–Kier alpha value is -3.22. The molecule has 27 heavy (non-hydrogen) atoms. The van der Waals surface area contributed by atoms with E-state index in [0.29, 0.717) is 23.2 Å². The molecule has 1 aromatic carbocycles. The zero-order valence-corrected chi connectivity index (χ0v) is 14.4. The molecule has 0 unspecified atom stereocenters. The monoisotopic (exact) mass is 368 g/mol. The summed E-state index contributed by atoms with van der Waals surface area (Å²) in [5.41, 5.74) is 3.87. The summed E-state index contributed by atoms with van der Waals surface area (Å²) in [7, 11) is 0. The fourth-order valence-corrected chi connectivity index (χ4v) is 2.99. The van der Waals surface area contributed by atoms with E-state index in [1.807, 2.05) is 19.1 Å². The van der Waals surface area contributed by atoms with E-state index in [1.165, 1.54) is 6.07 Å². The molecule has 0 amide bonds. The van der Waals surface area contributed by atoms with Crippen molar-refractivity contribution in [3.8, 4) is 11.1 Å². The highest BCUT2D eigenvalue weighted by Crippen LogP contribution is 2.32. The van der Waals surface area contributed by atoms with Gasteiger partial charge in [0.15, 0.2) is 0 Å². The lowest BCUT2D eigenvalue weighted by Crippen LogP contribution is -2.04. The highest BCUT2D eigenvalue weighted by molar-refractivity contribution is 5.80. The molecular weight excluding hydrogens is 353 g/mol. The molecule has 0 fully saturated rings. The van der Waals surface area contributed by atoms with Gasteiger partial charge in [0.1, 0.15) is 5.52 Å². The van der Waals surface area contributed by atoms with Gasteiger partial charge in [0.2, 0.25) is 0 Å². The summed E-state index contributed by atoms with van der Waals surface area (Å²) in [6.45, 7) is 2.47. The van der Waals surface area contributed by atoms with Crippen LogP contribution in [0, 0.1) is 6.92 Å². The second kappa shape index (κ2) is 6.50. The Bertz CT molecular complexity index is 1120. The van der Waals surface area contributed by atoms with Gasteiger partial charge in [0.25, 0.3) is 0 Å². The van der Waals surface area contributed by atoms with E-state index in [4.69, 9.17) is 0 Å². The molecule has 3 aromatic heterocycles. The number of benzene rings is 1. The van der Waals surface area contributed by atoms with Crippen molar-refractivity contribution in [2.45, 2.75) is 19.6 Å². The predicted octanol–water partition coefficient (Wildman–Crippen LogP) is 4.87. The fraction of sp³-hybridized carbons (Fsp3) is 0.150. The van der Waals surface area contributed by atoms with Crippen molar-refractivity contribution in [3.63, 3.8) is 0 Å². The number of nitrogens with zero attached hydrogens (tertiary/aromatic N) is 4. The molecule has 7 heteroatoms. The van der Waals surface area contributed by atoms with Gasteiger partial charge in [-0.25, -0.2) is 0 Å². The molecule has 0 N–H and O–H groups in total. The van der Waals surface area contributed by atoms with Gasteiger partial charge in [-0.2, -0.15) is 18.3 Å². The zero-order valence-electron chi connectivity index (χ0n) is 14.4. The van der Waals surface area contributed by atoms with E-state index in [1.54, 1.807) is 35.5 Å². The third-order valence-corrected chi connectivity index (χ3v) is 4.28. The molecule has 0 aliphatic heterocycles. The van der Waals surface area contributed by atoms with Crippen LogP contribution in [0.3, 0.4) is 0 Å². The average molecular weight is 368 g/mol. The normalized spacial score (nSPS) is 11.9. The van der Waals surface area contributed by atoms with E-state index < -0.39 is 11.7 Å². The molecule has 0 radical (unpaired) electrons. The van der Waals surface area contributed by atoms with Crippen LogP contribution in [0.15, 0.2) is 61.2 Å². The molecule has 0 saturated carbocycles. The number of aryl methyl sites for hydroxylation is 1. The van der Waals surface area contributed by atoms with Crippen molar-refractivity contribution in [1.29, 1.82) is 0 Å². The van der Waals surface area contributed by atoms with Gasteiger partial charge in [-0.15, -0.1) is 0 Å². The predicted molar refractivity (Wildman–Crippen MR) is 96.0 cm³/mol. The first-order chi connectivity index (χ1) is 12.9. The Kier molecular flexibility index (Phi) is 4.14. The number of pyridine rings is 2. The SMILES string of the molecule is Cc1cncc(Cn2ncc3ncc(-c4cccc(C(F)(F)F)c4)cc32)c1. The van der Waals surface area contributed by atoms with Crippen LogP contribution < -0.4 is 0 Å². The van der Waals surface area contributed by atoms with Gasteiger partial charge in [0, 0.05) is 24.2 Å². The average Bonchev–Trinajstić information content (AvgIpc) is 3.03. The molecule has 0 aliphatic rings. The number of fused-ring (bicyclic) bond motifs is 1. The molecule has 136 valence electrons. The lowest BCUT2D eigenvalue weighted by Gasteiger charge is -2.09. The van der Waals surface area contributed by atoms with Gasteiger partial charge >= 0.3 is 6.18 Å². The molecule has 0 spiro atoms. The van der Waals surface area contributed by atoms with Crippen molar-refractivity contribution >= 4 is 11.0 Å². The maximum Gasteiger partial charge on any atom is 0.416 e. The topological polar surface area (TPSA) is 43.6 Å². The van der Waals surface area contributed by atoms with Crippen LogP contribution in [0.25, 0.3) is 22.2 Å². The first-order valence-corrected chi connectivity index (χ1v) is 8.30.